The lowest BCUT2D eigenvalue weighted by molar-refractivity contribution is -0.136. The van der Waals surface area contributed by atoms with E-state index in [1.165, 1.54) is 0 Å². The van der Waals surface area contributed by atoms with Crippen LogP contribution in [0.1, 0.15) is 44.0 Å². The van der Waals surface area contributed by atoms with Gasteiger partial charge in [-0.2, -0.15) is 0 Å². The highest BCUT2D eigenvalue weighted by Crippen LogP contribution is 2.25. The van der Waals surface area contributed by atoms with Gasteiger partial charge < -0.3 is 25.6 Å². The summed E-state index contributed by atoms with van der Waals surface area (Å²) >= 11 is 0. The molecule has 0 fully saturated rings. The van der Waals surface area contributed by atoms with Gasteiger partial charge in [-0.3, -0.25) is 9.59 Å². The first kappa shape index (κ1) is 20.9. The number of Topliss-reactive ketones (excluding diaryl/α,β-unsaturated/α-hetero) is 1. The Kier molecular flexibility index (Phi) is 8.94. The highest BCUT2D eigenvalue weighted by molar-refractivity contribution is 6.00. The Hall–Kier alpha value is -2.12. The van der Waals surface area contributed by atoms with Gasteiger partial charge in [0.05, 0.1) is 12.0 Å². The van der Waals surface area contributed by atoms with Crippen molar-refractivity contribution in [3.05, 3.63) is 23.8 Å². The molecule has 0 radical (unpaired) electrons. The fourth-order valence-electron chi connectivity index (χ4n) is 2.16. The van der Waals surface area contributed by atoms with Crippen LogP contribution in [-0.2, 0) is 4.79 Å². The largest absolute Gasteiger partial charge is 0.490 e. The molecule has 0 spiro atoms. The van der Waals surface area contributed by atoms with Crippen molar-refractivity contribution in [2.24, 2.45) is 0 Å². The molecule has 1 aromatic carbocycles. The van der Waals surface area contributed by atoms with Gasteiger partial charge in [0.15, 0.2) is 5.78 Å². The Balaban J connectivity index is 2.82. The normalized spacial score (nSPS) is 12.0. The Bertz CT molecular complexity index is 575. The molecule has 140 valence electrons. The number of carboxylic acid groups (broad SMARTS) is 1. The number of carbonyl (C=O) groups excluding carboxylic acids is 1. The zero-order valence-corrected chi connectivity index (χ0v) is 15.0. The number of benzene rings is 1. The van der Waals surface area contributed by atoms with Crippen LogP contribution in [-0.4, -0.2) is 53.8 Å². The molecular weight excluding hydrogens is 324 g/mol. The summed E-state index contributed by atoms with van der Waals surface area (Å²) in [5.41, 5.74) is 1.08. The Morgan fingerprint density at radius 3 is 2.56 bits per heavy atom. The van der Waals surface area contributed by atoms with Crippen LogP contribution in [0.3, 0.4) is 0 Å². The fourth-order valence-corrected chi connectivity index (χ4v) is 2.16. The maximum Gasteiger partial charge on any atom is 0.303 e. The van der Waals surface area contributed by atoms with Crippen LogP contribution >= 0.6 is 0 Å². The van der Waals surface area contributed by atoms with Gasteiger partial charge in [-0.05, 0) is 25.1 Å². The summed E-state index contributed by atoms with van der Waals surface area (Å²) in [6.45, 7) is 7.02. The van der Waals surface area contributed by atoms with E-state index in [-0.39, 0.29) is 31.3 Å². The topological polar surface area (TPSA) is 108 Å². The minimum atomic E-state index is -1.02. The summed E-state index contributed by atoms with van der Waals surface area (Å²) in [5, 5.41) is 24.9. The maximum absolute atomic E-state index is 12.3. The third kappa shape index (κ3) is 8.00. The van der Waals surface area contributed by atoms with Crippen LogP contribution in [0.4, 0.5) is 5.69 Å². The number of ketones is 1. The maximum atomic E-state index is 12.3. The summed E-state index contributed by atoms with van der Waals surface area (Å²) < 4.78 is 5.61. The van der Waals surface area contributed by atoms with Gasteiger partial charge in [0, 0.05) is 31.2 Å². The van der Waals surface area contributed by atoms with Gasteiger partial charge >= 0.3 is 5.97 Å². The minimum Gasteiger partial charge on any atom is -0.490 e. The predicted octanol–water partition coefficient (Wildman–Crippen LogP) is 1.90. The smallest absolute Gasteiger partial charge is 0.303 e. The van der Waals surface area contributed by atoms with E-state index in [2.05, 4.69) is 10.6 Å². The molecule has 1 rings (SSSR count). The predicted molar refractivity (Wildman–Crippen MR) is 96.4 cm³/mol. The van der Waals surface area contributed by atoms with Gasteiger partial charge in [-0.25, -0.2) is 0 Å². The third-order valence-electron chi connectivity index (χ3n) is 3.42. The van der Waals surface area contributed by atoms with Crippen molar-refractivity contribution in [1.29, 1.82) is 0 Å². The number of aliphatic hydroxyl groups excluding tert-OH is 1. The lowest BCUT2D eigenvalue weighted by atomic mass is 10.0. The molecule has 7 heteroatoms. The molecule has 1 aromatic rings. The molecule has 1 atom stereocenters. The number of aliphatic hydroxyl groups is 1. The lowest BCUT2D eigenvalue weighted by Crippen LogP contribution is -2.35. The zero-order chi connectivity index (χ0) is 18.8. The number of hydrogen-bond donors (Lipinski definition) is 4. The van der Waals surface area contributed by atoms with Crippen LogP contribution in [0, 0.1) is 0 Å². The first-order valence-electron chi connectivity index (χ1n) is 8.50. The highest BCUT2D eigenvalue weighted by Gasteiger charge is 2.16. The van der Waals surface area contributed by atoms with Gasteiger partial charge in [0.2, 0.25) is 0 Å². The first-order valence-corrected chi connectivity index (χ1v) is 8.50. The molecule has 0 aliphatic heterocycles. The third-order valence-corrected chi connectivity index (χ3v) is 3.42. The van der Waals surface area contributed by atoms with E-state index in [1.807, 2.05) is 20.8 Å². The van der Waals surface area contributed by atoms with Gasteiger partial charge in [-0.1, -0.05) is 13.8 Å². The molecule has 1 unspecified atom stereocenters. The molecule has 25 heavy (non-hydrogen) atoms. The van der Waals surface area contributed by atoms with E-state index in [0.29, 0.717) is 24.4 Å². The van der Waals surface area contributed by atoms with Crippen molar-refractivity contribution in [2.45, 2.75) is 45.8 Å². The van der Waals surface area contributed by atoms with Crippen LogP contribution in [0.25, 0.3) is 0 Å². The number of anilines is 1. The second-order valence-corrected chi connectivity index (χ2v) is 6.09. The first-order chi connectivity index (χ1) is 11.8. The molecule has 0 heterocycles. The Morgan fingerprint density at radius 2 is 1.96 bits per heavy atom. The average Bonchev–Trinajstić information content (AvgIpc) is 2.56. The van der Waals surface area contributed by atoms with Gasteiger partial charge in [-0.15, -0.1) is 0 Å². The molecular formula is C18H28N2O5. The van der Waals surface area contributed by atoms with Crippen molar-refractivity contribution in [3.63, 3.8) is 0 Å². The Labute approximate surface area is 148 Å². The summed E-state index contributed by atoms with van der Waals surface area (Å²) in [6, 6.07) is 5.35. The zero-order valence-electron chi connectivity index (χ0n) is 15.0. The van der Waals surface area contributed by atoms with E-state index in [4.69, 9.17) is 9.84 Å². The number of nitrogens with one attached hydrogen (secondary N) is 2. The number of ether oxygens (including phenoxy) is 1. The number of carboxylic acids is 1. The molecule has 4 N–H and O–H groups in total. The van der Waals surface area contributed by atoms with Crippen molar-refractivity contribution in [3.8, 4) is 5.75 Å². The molecule has 0 aromatic heterocycles. The Morgan fingerprint density at radius 1 is 1.24 bits per heavy atom. The number of carbonyl (C=O) groups is 2. The molecule has 0 aliphatic rings. The summed E-state index contributed by atoms with van der Waals surface area (Å²) in [7, 11) is 0. The fraction of sp³-hybridized carbons (Fsp3) is 0.556. The summed E-state index contributed by atoms with van der Waals surface area (Å²) in [4.78, 5) is 23.0. The monoisotopic (exact) mass is 352 g/mol. The molecule has 7 nitrogen and oxygen atoms in total. The van der Waals surface area contributed by atoms with Gasteiger partial charge in [0.1, 0.15) is 18.5 Å². The van der Waals surface area contributed by atoms with E-state index in [1.54, 1.807) is 18.2 Å². The van der Waals surface area contributed by atoms with E-state index in [0.717, 1.165) is 5.69 Å². The highest BCUT2D eigenvalue weighted by atomic mass is 16.5. The number of hydrogen-bond acceptors (Lipinski definition) is 6. The minimum absolute atomic E-state index is 0.0412. The van der Waals surface area contributed by atoms with Crippen LogP contribution < -0.4 is 15.4 Å². The van der Waals surface area contributed by atoms with E-state index in [9.17, 15) is 14.7 Å². The SMILES string of the molecule is CCNc1ccc(OCC(O)CNC(C)C)c(C(=O)CCC(=O)O)c1. The molecule has 0 saturated heterocycles. The second kappa shape index (κ2) is 10.7. The van der Waals surface area contributed by atoms with Crippen molar-refractivity contribution in [1.82, 2.24) is 5.32 Å². The molecule has 0 aliphatic carbocycles. The van der Waals surface area contributed by atoms with Crippen LogP contribution in [0.2, 0.25) is 0 Å². The van der Waals surface area contributed by atoms with Crippen molar-refractivity contribution < 1.29 is 24.5 Å². The van der Waals surface area contributed by atoms with Crippen molar-refractivity contribution >= 4 is 17.4 Å². The van der Waals surface area contributed by atoms with Crippen LogP contribution in [0.15, 0.2) is 18.2 Å². The number of rotatable bonds is 12. The quantitative estimate of drug-likeness (QED) is 0.426. The molecule has 0 saturated carbocycles. The molecule has 0 bridgehead atoms. The summed E-state index contributed by atoms with van der Waals surface area (Å²) in [5.74, 6) is -0.971. The summed E-state index contributed by atoms with van der Waals surface area (Å²) in [6.07, 6.45) is -1.04. The lowest BCUT2D eigenvalue weighted by Gasteiger charge is -2.17. The van der Waals surface area contributed by atoms with Crippen molar-refractivity contribution in [2.75, 3.05) is 25.0 Å². The van der Waals surface area contributed by atoms with E-state index < -0.39 is 12.1 Å². The second-order valence-electron chi connectivity index (χ2n) is 6.09. The standard InChI is InChI=1S/C18H28N2O5/c1-4-19-13-5-7-17(25-11-14(21)10-20-12(2)3)15(9-13)16(22)6-8-18(23)24/h5,7,9,12,14,19-21H,4,6,8,10-11H2,1-3H3,(H,23,24). The van der Waals surface area contributed by atoms with Crippen LogP contribution in [0.5, 0.6) is 5.75 Å². The number of aliphatic carboxylic acids is 1. The average molecular weight is 352 g/mol. The van der Waals surface area contributed by atoms with E-state index >= 15 is 0 Å². The van der Waals surface area contributed by atoms with Gasteiger partial charge in [0.25, 0.3) is 0 Å². The molecule has 0 amide bonds.